The van der Waals surface area contributed by atoms with Crippen molar-refractivity contribution in [2.75, 3.05) is 11.1 Å². The average Bonchev–Trinajstić information content (AvgIpc) is 2.63. The van der Waals surface area contributed by atoms with Crippen molar-refractivity contribution < 1.29 is 0 Å². The number of nitrogens with zero attached hydrogens (tertiary/aromatic N) is 2. The van der Waals surface area contributed by atoms with E-state index < -0.39 is 0 Å². The van der Waals surface area contributed by atoms with E-state index in [1.807, 2.05) is 19.1 Å². The van der Waals surface area contributed by atoms with Crippen LogP contribution in [0.2, 0.25) is 0 Å². The highest BCUT2D eigenvalue weighted by Gasteiger charge is 2.31. The minimum atomic E-state index is 0.241. The Bertz CT molecular complexity index is 574. The van der Waals surface area contributed by atoms with Crippen LogP contribution in [0, 0.1) is 6.92 Å². The number of nitrogen functional groups attached to an aromatic ring is 1. The molecular weight excluding hydrogens is 224 g/mol. The molecule has 3 rings (SSSR count). The lowest BCUT2D eigenvalue weighted by Gasteiger charge is -2.16. The molecule has 18 heavy (non-hydrogen) atoms. The fourth-order valence-electron chi connectivity index (χ4n) is 2.69. The number of hydrogen-bond donors (Lipinski definition) is 2. The van der Waals surface area contributed by atoms with Gasteiger partial charge in [-0.25, -0.2) is 9.97 Å². The number of benzene rings is 1. The normalized spacial score (nSPS) is 21.4. The van der Waals surface area contributed by atoms with E-state index in [0.29, 0.717) is 12.0 Å². The van der Waals surface area contributed by atoms with Gasteiger partial charge < -0.3 is 11.1 Å². The van der Waals surface area contributed by atoms with Crippen molar-refractivity contribution in [2.24, 2.45) is 0 Å². The predicted molar refractivity (Wildman–Crippen MR) is 72.6 cm³/mol. The number of hydrogen-bond acceptors (Lipinski definition) is 4. The molecule has 0 bridgehead atoms. The molecule has 1 aliphatic heterocycles. The summed E-state index contributed by atoms with van der Waals surface area (Å²) in [7, 11) is 0. The van der Waals surface area contributed by atoms with Crippen LogP contribution >= 0.6 is 0 Å². The minimum absolute atomic E-state index is 0.241. The van der Waals surface area contributed by atoms with E-state index >= 15 is 0 Å². The van der Waals surface area contributed by atoms with Crippen molar-refractivity contribution in [3.05, 3.63) is 47.3 Å². The zero-order chi connectivity index (χ0) is 12.7. The molecule has 1 aromatic heterocycles. The van der Waals surface area contributed by atoms with Gasteiger partial charge in [-0.3, -0.25) is 0 Å². The minimum Gasteiger partial charge on any atom is -0.381 e. The van der Waals surface area contributed by atoms with Gasteiger partial charge in [-0.2, -0.15) is 0 Å². The lowest BCUT2D eigenvalue weighted by Crippen LogP contribution is -2.18. The Hall–Kier alpha value is -2.10. The van der Waals surface area contributed by atoms with Crippen molar-refractivity contribution >= 4 is 11.6 Å². The second kappa shape index (κ2) is 3.98. The number of fused-ring (bicyclic) bond motifs is 1. The lowest BCUT2D eigenvalue weighted by molar-refractivity contribution is 0.703. The molecule has 92 valence electrons. The molecule has 2 atom stereocenters. The highest BCUT2D eigenvalue weighted by atomic mass is 15.0. The van der Waals surface area contributed by atoms with Crippen LogP contribution in [0.3, 0.4) is 0 Å². The molecule has 0 amide bonds. The first-order chi connectivity index (χ1) is 8.65. The predicted octanol–water partition coefficient (Wildman–Crippen LogP) is 2.31. The van der Waals surface area contributed by atoms with E-state index in [1.54, 1.807) is 0 Å². The highest BCUT2D eigenvalue weighted by Crippen LogP contribution is 2.39. The van der Waals surface area contributed by atoms with E-state index in [1.165, 1.54) is 11.3 Å². The topological polar surface area (TPSA) is 63.8 Å². The van der Waals surface area contributed by atoms with Gasteiger partial charge in [0.1, 0.15) is 0 Å². The molecule has 0 aliphatic carbocycles. The molecule has 2 aromatic rings. The van der Waals surface area contributed by atoms with E-state index in [-0.39, 0.29) is 5.92 Å². The molecule has 0 spiro atoms. The van der Waals surface area contributed by atoms with Crippen molar-refractivity contribution in [3.8, 4) is 0 Å². The zero-order valence-electron chi connectivity index (χ0n) is 10.5. The third-order valence-corrected chi connectivity index (χ3v) is 3.39. The third kappa shape index (κ3) is 1.70. The summed E-state index contributed by atoms with van der Waals surface area (Å²) >= 11 is 0. The largest absolute Gasteiger partial charge is 0.381 e. The van der Waals surface area contributed by atoms with Crippen LogP contribution in [0.5, 0.6) is 0 Å². The molecule has 4 heteroatoms. The number of nitrogens with one attached hydrogen (secondary N) is 1. The molecule has 1 aliphatic rings. The summed E-state index contributed by atoms with van der Waals surface area (Å²) in [5.74, 6) is 0.590. The Morgan fingerprint density at radius 3 is 2.78 bits per heavy atom. The van der Waals surface area contributed by atoms with Crippen molar-refractivity contribution in [1.29, 1.82) is 0 Å². The molecule has 0 saturated heterocycles. The Labute approximate surface area is 106 Å². The first-order valence-electron chi connectivity index (χ1n) is 6.11. The van der Waals surface area contributed by atoms with Gasteiger partial charge in [0, 0.05) is 23.3 Å². The van der Waals surface area contributed by atoms with Crippen LogP contribution in [-0.2, 0) is 0 Å². The van der Waals surface area contributed by atoms with Gasteiger partial charge >= 0.3 is 0 Å². The summed E-state index contributed by atoms with van der Waals surface area (Å²) in [6.07, 6.45) is 0. The monoisotopic (exact) mass is 240 g/mol. The first-order valence-corrected chi connectivity index (χ1v) is 6.11. The maximum absolute atomic E-state index is 5.75. The summed E-state index contributed by atoms with van der Waals surface area (Å²) < 4.78 is 0. The summed E-state index contributed by atoms with van der Waals surface area (Å²) in [6.45, 7) is 4.11. The fourth-order valence-corrected chi connectivity index (χ4v) is 2.69. The highest BCUT2D eigenvalue weighted by molar-refractivity contribution is 5.61. The van der Waals surface area contributed by atoms with Crippen LogP contribution in [0.1, 0.15) is 29.8 Å². The summed E-state index contributed by atoms with van der Waals surface area (Å²) in [5.41, 5.74) is 10.1. The van der Waals surface area contributed by atoms with Crippen molar-refractivity contribution in [2.45, 2.75) is 25.8 Å². The zero-order valence-corrected chi connectivity index (χ0v) is 10.5. The molecule has 0 fully saturated rings. The van der Waals surface area contributed by atoms with Crippen molar-refractivity contribution in [1.82, 2.24) is 9.97 Å². The molecule has 0 saturated carbocycles. The molecule has 0 radical (unpaired) electrons. The maximum atomic E-state index is 5.75. The summed E-state index contributed by atoms with van der Waals surface area (Å²) in [6, 6.07) is 10.7. The number of aryl methyl sites for hydroxylation is 1. The lowest BCUT2D eigenvalue weighted by atomic mass is 9.92. The van der Waals surface area contributed by atoms with Crippen LogP contribution in [-0.4, -0.2) is 16.0 Å². The number of para-hydroxylation sites is 1. The SMILES string of the molecule is Cc1cc(C2c3ccccc3NC2C)nc(N)n1. The number of nitrogens with two attached hydrogens (primary N) is 1. The van der Waals surface area contributed by atoms with E-state index in [9.17, 15) is 0 Å². The van der Waals surface area contributed by atoms with Gasteiger partial charge in [-0.15, -0.1) is 0 Å². The van der Waals surface area contributed by atoms with Gasteiger partial charge in [0.05, 0.1) is 5.69 Å². The van der Waals surface area contributed by atoms with Gasteiger partial charge in [-0.1, -0.05) is 18.2 Å². The fraction of sp³-hybridized carbons (Fsp3) is 0.286. The Morgan fingerprint density at radius 2 is 2.00 bits per heavy atom. The maximum Gasteiger partial charge on any atom is 0.220 e. The van der Waals surface area contributed by atoms with Crippen LogP contribution in [0.15, 0.2) is 30.3 Å². The second-order valence-corrected chi connectivity index (χ2v) is 4.79. The van der Waals surface area contributed by atoms with E-state index in [4.69, 9.17) is 5.73 Å². The second-order valence-electron chi connectivity index (χ2n) is 4.79. The molecule has 1 aromatic carbocycles. The van der Waals surface area contributed by atoms with Gasteiger partial charge in [-0.05, 0) is 31.5 Å². The van der Waals surface area contributed by atoms with Crippen LogP contribution in [0.25, 0.3) is 0 Å². The number of rotatable bonds is 1. The number of anilines is 2. The molecule has 2 unspecified atom stereocenters. The van der Waals surface area contributed by atoms with E-state index in [0.717, 1.165) is 11.4 Å². The first kappa shape index (κ1) is 11.0. The standard InChI is InChI=1S/C14H16N4/c1-8-7-12(18-14(15)16-8)13-9(2)17-11-6-4-3-5-10(11)13/h3-7,9,13,17H,1-2H3,(H2,15,16,18). The third-order valence-electron chi connectivity index (χ3n) is 3.39. The van der Waals surface area contributed by atoms with Crippen molar-refractivity contribution in [3.63, 3.8) is 0 Å². The molecular formula is C14H16N4. The van der Waals surface area contributed by atoms with Crippen LogP contribution in [0.4, 0.5) is 11.6 Å². The summed E-state index contributed by atoms with van der Waals surface area (Å²) in [4.78, 5) is 8.52. The molecule has 3 N–H and O–H groups in total. The van der Waals surface area contributed by atoms with Crippen LogP contribution < -0.4 is 11.1 Å². The van der Waals surface area contributed by atoms with Gasteiger partial charge in [0.2, 0.25) is 5.95 Å². The Morgan fingerprint density at radius 1 is 1.22 bits per heavy atom. The quantitative estimate of drug-likeness (QED) is 0.803. The molecule has 2 heterocycles. The Balaban J connectivity index is 2.11. The summed E-state index contributed by atoms with van der Waals surface area (Å²) in [5, 5.41) is 3.48. The average molecular weight is 240 g/mol. The molecule has 4 nitrogen and oxygen atoms in total. The smallest absolute Gasteiger partial charge is 0.220 e. The van der Waals surface area contributed by atoms with E-state index in [2.05, 4.69) is 40.4 Å². The van der Waals surface area contributed by atoms with Gasteiger partial charge in [0.15, 0.2) is 0 Å². The number of aromatic nitrogens is 2. The van der Waals surface area contributed by atoms with Gasteiger partial charge in [0.25, 0.3) is 0 Å². The Kier molecular flexibility index (Phi) is 2.44.